The first-order chi connectivity index (χ1) is 8.74. The van der Waals surface area contributed by atoms with Crippen LogP contribution in [0, 0.1) is 0 Å². The summed E-state index contributed by atoms with van der Waals surface area (Å²) < 4.78 is 0. The third-order valence-corrected chi connectivity index (χ3v) is 3.12. The van der Waals surface area contributed by atoms with Crippen molar-refractivity contribution in [2.24, 2.45) is 0 Å². The Labute approximate surface area is 110 Å². The number of hydrogen-bond acceptors (Lipinski definition) is 2. The fourth-order valence-electron chi connectivity index (χ4n) is 2.04. The summed E-state index contributed by atoms with van der Waals surface area (Å²) >= 11 is 0. The van der Waals surface area contributed by atoms with Crippen molar-refractivity contribution < 1.29 is 0 Å². The highest BCUT2D eigenvalue weighted by Crippen LogP contribution is 2.20. The van der Waals surface area contributed by atoms with E-state index < -0.39 is 0 Å². The molecule has 0 unspecified atom stereocenters. The summed E-state index contributed by atoms with van der Waals surface area (Å²) in [4.78, 5) is 4.69. The Morgan fingerprint density at radius 3 is 2.78 bits per heavy atom. The van der Waals surface area contributed by atoms with E-state index in [1.807, 2.05) is 18.2 Å². The monoisotopic (exact) mass is 238 g/mol. The number of unbranched alkanes of at least 4 members (excludes halogenated alkanes) is 1. The van der Waals surface area contributed by atoms with Crippen LogP contribution in [0.5, 0.6) is 0 Å². The maximum absolute atomic E-state index is 5.81. The minimum atomic E-state index is 0.790. The Morgan fingerprint density at radius 2 is 2.06 bits per heavy atom. The number of benzene rings is 1. The zero-order chi connectivity index (χ0) is 13.0. The molecule has 0 spiro atoms. The molecule has 1 N–H and O–H groups in total. The van der Waals surface area contributed by atoms with Crippen molar-refractivity contribution in [1.29, 1.82) is 0 Å². The van der Waals surface area contributed by atoms with Gasteiger partial charge in [0.05, 0.1) is 5.52 Å². The van der Waals surface area contributed by atoms with E-state index in [1.54, 1.807) is 0 Å². The van der Waals surface area contributed by atoms with Crippen LogP contribution in [0.25, 0.3) is 10.9 Å². The van der Waals surface area contributed by atoms with Crippen molar-refractivity contribution in [1.82, 2.24) is 4.98 Å². The first-order valence-corrected chi connectivity index (χ1v) is 6.67. The fraction of sp³-hybridized carbons (Fsp3) is 0.400. The fourth-order valence-corrected chi connectivity index (χ4v) is 2.04. The minimum Gasteiger partial charge on any atom is -0.370 e. The summed E-state index contributed by atoms with van der Waals surface area (Å²) in [6, 6.07) is 8.05. The first-order valence-electron chi connectivity index (χ1n) is 6.67. The Balaban J connectivity index is 2.36. The van der Waals surface area contributed by atoms with Crippen LogP contribution in [-0.2, 0) is 6.42 Å². The van der Waals surface area contributed by atoms with Crippen LogP contribution in [0.4, 0.5) is 5.82 Å². The Bertz CT molecular complexity index is 537. The van der Waals surface area contributed by atoms with Crippen LogP contribution < -0.4 is 10.8 Å². The Kier molecular flexibility index (Phi) is 4.24. The molecule has 0 saturated carbocycles. The van der Waals surface area contributed by atoms with E-state index >= 15 is 0 Å². The van der Waals surface area contributed by atoms with Gasteiger partial charge in [0, 0.05) is 11.9 Å². The maximum Gasteiger partial charge on any atom is 0.129 e. The molecule has 0 aliphatic carbocycles. The number of pyridine rings is 1. The standard InChI is InChI=1S/C15H19BN2/c1-3-5-8-17-15-11(4-2)9-12-10-13(16)6-7-14(12)18-15/h6-7,9-10H,3-5,8H2,1-2H3,(H,17,18). The molecule has 0 saturated heterocycles. The normalized spacial score (nSPS) is 10.8. The highest BCUT2D eigenvalue weighted by Gasteiger charge is 2.05. The van der Waals surface area contributed by atoms with Crippen LogP contribution >= 0.6 is 0 Å². The highest BCUT2D eigenvalue weighted by atomic mass is 15.0. The maximum atomic E-state index is 5.81. The highest BCUT2D eigenvalue weighted by molar-refractivity contribution is 6.33. The lowest BCUT2D eigenvalue weighted by molar-refractivity contribution is 0.829. The average Bonchev–Trinajstić information content (AvgIpc) is 2.38. The zero-order valence-electron chi connectivity index (χ0n) is 11.2. The SMILES string of the molecule is [B]c1ccc2nc(NCCCC)c(CC)cc2c1. The van der Waals surface area contributed by atoms with Crippen LogP contribution in [0.2, 0.25) is 0 Å². The number of rotatable bonds is 5. The van der Waals surface area contributed by atoms with Gasteiger partial charge in [-0.1, -0.05) is 37.9 Å². The molecule has 0 aliphatic rings. The van der Waals surface area contributed by atoms with Crippen LogP contribution in [0.3, 0.4) is 0 Å². The molecular weight excluding hydrogens is 219 g/mol. The molecule has 1 heterocycles. The molecule has 92 valence electrons. The van der Waals surface area contributed by atoms with E-state index in [0.717, 1.165) is 35.1 Å². The van der Waals surface area contributed by atoms with E-state index in [1.165, 1.54) is 18.4 Å². The molecule has 1 aromatic heterocycles. The molecule has 2 radical (unpaired) electrons. The molecule has 0 fully saturated rings. The topological polar surface area (TPSA) is 24.9 Å². The summed E-state index contributed by atoms with van der Waals surface area (Å²) in [7, 11) is 5.81. The number of aromatic nitrogens is 1. The number of anilines is 1. The Morgan fingerprint density at radius 1 is 1.22 bits per heavy atom. The van der Waals surface area contributed by atoms with Gasteiger partial charge in [-0.15, -0.1) is 0 Å². The van der Waals surface area contributed by atoms with E-state index in [2.05, 4.69) is 25.2 Å². The average molecular weight is 238 g/mol. The van der Waals surface area contributed by atoms with Crippen molar-refractivity contribution in [3.63, 3.8) is 0 Å². The third kappa shape index (κ3) is 2.84. The van der Waals surface area contributed by atoms with Gasteiger partial charge in [-0.3, -0.25) is 0 Å². The molecule has 3 heteroatoms. The van der Waals surface area contributed by atoms with Gasteiger partial charge in [-0.05, 0) is 30.5 Å². The minimum absolute atomic E-state index is 0.790. The lowest BCUT2D eigenvalue weighted by atomic mass is 9.94. The molecule has 0 amide bonds. The smallest absolute Gasteiger partial charge is 0.129 e. The van der Waals surface area contributed by atoms with E-state index in [9.17, 15) is 0 Å². The van der Waals surface area contributed by atoms with Gasteiger partial charge in [-0.25, -0.2) is 4.98 Å². The van der Waals surface area contributed by atoms with Crippen molar-refractivity contribution in [2.45, 2.75) is 33.1 Å². The van der Waals surface area contributed by atoms with Gasteiger partial charge in [0.2, 0.25) is 0 Å². The Hall–Kier alpha value is -1.51. The van der Waals surface area contributed by atoms with Gasteiger partial charge in [0.25, 0.3) is 0 Å². The van der Waals surface area contributed by atoms with Crippen molar-refractivity contribution in [2.75, 3.05) is 11.9 Å². The largest absolute Gasteiger partial charge is 0.370 e. The van der Waals surface area contributed by atoms with Crippen LogP contribution in [0.1, 0.15) is 32.3 Å². The molecule has 0 atom stereocenters. The second-order valence-electron chi connectivity index (χ2n) is 4.58. The predicted molar refractivity (Wildman–Crippen MR) is 79.9 cm³/mol. The van der Waals surface area contributed by atoms with E-state index in [0.29, 0.717) is 0 Å². The summed E-state index contributed by atoms with van der Waals surface area (Å²) in [6.07, 6.45) is 3.34. The van der Waals surface area contributed by atoms with Gasteiger partial charge >= 0.3 is 0 Å². The lowest BCUT2D eigenvalue weighted by Gasteiger charge is -2.11. The van der Waals surface area contributed by atoms with Gasteiger partial charge in [-0.2, -0.15) is 0 Å². The molecule has 2 aromatic rings. The quantitative estimate of drug-likeness (QED) is 0.640. The second-order valence-corrected chi connectivity index (χ2v) is 4.58. The molecule has 18 heavy (non-hydrogen) atoms. The number of aryl methyl sites for hydroxylation is 1. The number of nitrogens with zero attached hydrogens (tertiary/aromatic N) is 1. The molecule has 1 aromatic carbocycles. The predicted octanol–water partition coefficient (Wildman–Crippen LogP) is 2.80. The van der Waals surface area contributed by atoms with Crippen LogP contribution in [0.15, 0.2) is 24.3 Å². The number of fused-ring (bicyclic) bond motifs is 1. The number of hydrogen-bond donors (Lipinski definition) is 1. The lowest BCUT2D eigenvalue weighted by Crippen LogP contribution is -2.07. The third-order valence-electron chi connectivity index (χ3n) is 3.12. The molecule has 2 rings (SSSR count). The number of nitrogens with one attached hydrogen (secondary N) is 1. The molecule has 0 aliphatic heterocycles. The van der Waals surface area contributed by atoms with Crippen molar-refractivity contribution >= 4 is 30.0 Å². The van der Waals surface area contributed by atoms with Crippen molar-refractivity contribution in [3.05, 3.63) is 29.8 Å². The van der Waals surface area contributed by atoms with Crippen LogP contribution in [-0.4, -0.2) is 19.4 Å². The van der Waals surface area contributed by atoms with Gasteiger partial charge in [0.1, 0.15) is 13.7 Å². The zero-order valence-corrected chi connectivity index (χ0v) is 11.2. The first kappa shape index (κ1) is 12.9. The molecule has 0 bridgehead atoms. The van der Waals surface area contributed by atoms with Gasteiger partial charge in [0.15, 0.2) is 0 Å². The molecule has 2 nitrogen and oxygen atoms in total. The summed E-state index contributed by atoms with van der Waals surface area (Å²) in [5.41, 5.74) is 3.04. The molecular formula is C15H19BN2. The summed E-state index contributed by atoms with van der Waals surface area (Å²) in [5.74, 6) is 1.02. The summed E-state index contributed by atoms with van der Waals surface area (Å²) in [6.45, 7) is 5.33. The van der Waals surface area contributed by atoms with Crippen molar-refractivity contribution in [3.8, 4) is 0 Å². The second kappa shape index (κ2) is 5.90. The van der Waals surface area contributed by atoms with E-state index in [-0.39, 0.29) is 0 Å². The van der Waals surface area contributed by atoms with E-state index in [4.69, 9.17) is 12.8 Å². The van der Waals surface area contributed by atoms with Gasteiger partial charge < -0.3 is 5.32 Å². The summed E-state index contributed by atoms with van der Waals surface area (Å²) in [5, 5.41) is 4.55.